The van der Waals surface area contributed by atoms with E-state index >= 15 is 0 Å². The number of rotatable bonds is 7. The maximum atomic E-state index is 6.32. The molecule has 2 heteroatoms. The summed E-state index contributed by atoms with van der Waals surface area (Å²) in [6.45, 7) is 13.4. The first-order chi connectivity index (χ1) is 8.80. The molecule has 0 aromatic heterocycles. The van der Waals surface area contributed by atoms with Gasteiger partial charge < -0.3 is 5.32 Å². The summed E-state index contributed by atoms with van der Waals surface area (Å²) < 4.78 is 0. The Bertz CT molecular complexity index is 396. The lowest BCUT2D eigenvalue weighted by Gasteiger charge is -2.26. The molecule has 0 aliphatic heterocycles. The van der Waals surface area contributed by atoms with Crippen LogP contribution in [0.15, 0.2) is 18.2 Å². The van der Waals surface area contributed by atoms with Gasteiger partial charge in [-0.3, -0.25) is 0 Å². The van der Waals surface area contributed by atoms with Gasteiger partial charge in [-0.15, -0.1) is 0 Å². The SMILES string of the molecule is Cc1ccc(CC(C)(C)CCNCC(C)C)c(Cl)c1. The Labute approximate surface area is 123 Å². The summed E-state index contributed by atoms with van der Waals surface area (Å²) in [5.74, 6) is 0.717. The maximum Gasteiger partial charge on any atom is 0.0440 e. The van der Waals surface area contributed by atoms with Crippen LogP contribution in [0.3, 0.4) is 0 Å². The molecule has 1 nitrogen and oxygen atoms in total. The highest BCUT2D eigenvalue weighted by Crippen LogP contribution is 2.29. The fraction of sp³-hybridized carbons (Fsp3) is 0.647. The smallest absolute Gasteiger partial charge is 0.0440 e. The quantitative estimate of drug-likeness (QED) is 0.704. The molecule has 0 fully saturated rings. The van der Waals surface area contributed by atoms with Crippen molar-refractivity contribution in [2.75, 3.05) is 13.1 Å². The third kappa shape index (κ3) is 6.44. The first-order valence-electron chi connectivity index (χ1n) is 7.26. The Kier molecular flexibility index (Phi) is 6.35. The van der Waals surface area contributed by atoms with Crippen LogP contribution in [0.25, 0.3) is 0 Å². The van der Waals surface area contributed by atoms with E-state index in [4.69, 9.17) is 11.6 Å². The summed E-state index contributed by atoms with van der Waals surface area (Å²) in [5.41, 5.74) is 2.77. The number of hydrogen-bond donors (Lipinski definition) is 1. The monoisotopic (exact) mass is 281 g/mol. The van der Waals surface area contributed by atoms with Crippen molar-refractivity contribution in [2.45, 2.75) is 47.5 Å². The Morgan fingerprint density at radius 2 is 1.95 bits per heavy atom. The van der Waals surface area contributed by atoms with E-state index in [1.165, 1.54) is 17.5 Å². The Balaban J connectivity index is 2.49. The molecule has 0 aliphatic carbocycles. The van der Waals surface area contributed by atoms with E-state index in [-0.39, 0.29) is 5.41 Å². The van der Waals surface area contributed by atoms with Gasteiger partial charge in [0, 0.05) is 5.02 Å². The first kappa shape index (κ1) is 16.5. The minimum atomic E-state index is 0.281. The zero-order valence-electron chi connectivity index (χ0n) is 13.0. The van der Waals surface area contributed by atoms with E-state index < -0.39 is 0 Å². The molecule has 0 bridgehead atoms. The number of aryl methyl sites for hydroxylation is 1. The first-order valence-corrected chi connectivity index (χ1v) is 7.64. The lowest BCUT2D eigenvalue weighted by atomic mass is 9.82. The van der Waals surface area contributed by atoms with Gasteiger partial charge in [0.15, 0.2) is 0 Å². The van der Waals surface area contributed by atoms with Crippen LogP contribution in [0.5, 0.6) is 0 Å². The molecule has 19 heavy (non-hydrogen) atoms. The molecule has 0 heterocycles. The van der Waals surface area contributed by atoms with Crippen molar-refractivity contribution in [1.29, 1.82) is 0 Å². The number of halogens is 1. The van der Waals surface area contributed by atoms with E-state index in [1.54, 1.807) is 0 Å². The number of nitrogens with one attached hydrogen (secondary N) is 1. The van der Waals surface area contributed by atoms with Crippen LogP contribution in [0.1, 0.15) is 45.2 Å². The lowest BCUT2D eigenvalue weighted by molar-refractivity contribution is 0.322. The molecule has 108 valence electrons. The summed E-state index contributed by atoms with van der Waals surface area (Å²) in [7, 11) is 0. The topological polar surface area (TPSA) is 12.0 Å². The Hall–Kier alpha value is -0.530. The largest absolute Gasteiger partial charge is 0.316 e. The third-order valence-corrected chi connectivity index (χ3v) is 3.76. The summed E-state index contributed by atoms with van der Waals surface area (Å²) in [5, 5.41) is 4.42. The van der Waals surface area contributed by atoms with Gasteiger partial charge in [-0.2, -0.15) is 0 Å². The van der Waals surface area contributed by atoms with Gasteiger partial charge >= 0.3 is 0 Å². The van der Waals surface area contributed by atoms with Crippen LogP contribution < -0.4 is 5.32 Å². The molecule has 1 aromatic rings. The van der Waals surface area contributed by atoms with Crippen molar-refractivity contribution in [3.8, 4) is 0 Å². The van der Waals surface area contributed by atoms with Gasteiger partial charge in [-0.1, -0.05) is 51.4 Å². The molecule has 0 spiro atoms. The van der Waals surface area contributed by atoms with E-state index in [0.717, 1.165) is 30.5 Å². The molecule has 1 rings (SSSR count). The lowest BCUT2D eigenvalue weighted by Crippen LogP contribution is -2.26. The zero-order chi connectivity index (χ0) is 14.5. The van der Waals surface area contributed by atoms with E-state index in [0.29, 0.717) is 0 Å². The van der Waals surface area contributed by atoms with E-state index in [2.05, 4.69) is 58.1 Å². The van der Waals surface area contributed by atoms with Crippen LogP contribution >= 0.6 is 11.6 Å². The second-order valence-corrected chi connectivity index (χ2v) is 7.19. The van der Waals surface area contributed by atoms with Crippen LogP contribution in [0, 0.1) is 18.3 Å². The van der Waals surface area contributed by atoms with Crippen LogP contribution in [0.4, 0.5) is 0 Å². The fourth-order valence-corrected chi connectivity index (χ4v) is 2.52. The second-order valence-electron chi connectivity index (χ2n) is 6.78. The molecule has 0 saturated carbocycles. The maximum absolute atomic E-state index is 6.32. The van der Waals surface area contributed by atoms with E-state index in [1.807, 2.05) is 0 Å². The Morgan fingerprint density at radius 3 is 2.53 bits per heavy atom. The molecule has 0 saturated heterocycles. The summed E-state index contributed by atoms with van der Waals surface area (Å²) in [6, 6.07) is 6.37. The predicted molar refractivity (Wildman–Crippen MR) is 86.0 cm³/mol. The van der Waals surface area contributed by atoms with Crippen molar-refractivity contribution in [3.05, 3.63) is 34.3 Å². The average Bonchev–Trinajstić information content (AvgIpc) is 2.28. The van der Waals surface area contributed by atoms with Crippen molar-refractivity contribution in [3.63, 3.8) is 0 Å². The molecular formula is C17H28ClN. The van der Waals surface area contributed by atoms with Crippen molar-refractivity contribution in [2.24, 2.45) is 11.3 Å². The highest BCUT2D eigenvalue weighted by Gasteiger charge is 2.19. The van der Waals surface area contributed by atoms with E-state index in [9.17, 15) is 0 Å². The predicted octanol–water partition coefficient (Wildman–Crippen LogP) is 4.85. The minimum Gasteiger partial charge on any atom is -0.316 e. The molecule has 1 aromatic carbocycles. The van der Waals surface area contributed by atoms with Crippen molar-refractivity contribution >= 4 is 11.6 Å². The number of benzene rings is 1. The van der Waals surface area contributed by atoms with Gasteiger partial charge in [-0.25, -0.2) is 0 Å². The molecule has 0 unspecified atom stereocenters. The highest BCUT2D eigenvalue weighted by molar-refractivity contribution is 6.31. The molecular weight excluding hydrogens is 254 g/mol. The fourth-order valence-electron chi connectivity index (χ4n) is 2.22. The summed E-state index contributed by atoms with van der Waals surface area (Å²) in [4.78, 5) is 0. The second kappa shape index (κ2) is 7.31. The molecule has 0 aliphatic rings. The summed E-state index contributed by atoms with van der Waals surface area (Å²) >= 11 is 6.32. The standard InChI is InChI=1S/C17H28ClN/c1-13(2)12-19-9-8-17(4,5)11-15-7-6-14(3)10-16(15)18/h6-7,10,13,19H,8-9,11-12H2,1-5H3. The van der Waals surface area contributed by atoms with Crippen LogP contribution in [-0.4, -0.2) is 13.1 Å². The average molecular weight is 282 g/mol. The van der Waals surface area contributed by atoms with Crippen molar-refractivity contribution < 1.29 is 0 Å². The van der Waals surface area contributed by atoms with Gasteiger partial charge in [0.1, 0.15) is 0 Å². The zero-order valence-corrected chi connectivity index (χ0v) is 13.8. The van der Waals surface area contributed by atoms with Gasteiger partial charge in [-0.05, 0) is 61.4 Å². The molecule has 1 N–H and O–H groups in total. The third-order valence-electron chi connectivity index (χ3n) is 3.41. The molecule has 0 atom stereocenters. The molecule has 0 amide bonds. The normalized spacial score (nSPS) is 12.2. The van der Waals surface area contributed by atoms with Crippen LogP contribution in [-0.2, 0) is 6.42 Å². The Morgan fingerprint density at radius 1 is 1.26 bits per heavy atom. The number of hydrogen-bond acceptors (Lipinski definition) is 1. The van der Waals surface area contributed by atoms with Gasteiger partial charge in [0.25, 0.3) is 0 Å². The van der Waals surface area contributed by atoms with Crippen LogP contribution in [0.2, 0.25) is 5.02 Å². The molecule has 0 radical (unpaired) electrons. The highest BCUT2D eigenvalue weighted by atomic mass is 35.5. The van der Waals surface area contributed by atoms with Gasteiger partial charge in [0.05, 0.1) is 0 Å². The van der Waals surface area contributed by atoms with Gasteiger partial charge in [0.2, 0.25) is 0 Å². The van der Waals surface area contributed by atoms with Crippen molar-refractivity contribution in [1.82, 2.24) is 5.32 Å². The summed E-state index contributed by atoms with van der Waals surface area (Å²) in [6.07, 6.45) is 2.21. The minimum absolute atomic E-state index is 0.281.